The Morgan fingerprint density at radius 3 is 2.90 bits per heavy atom. The number of aryl methyl sites for hydroxylation is 1. The molecule has 7 heteroatoms. The molecule has 1 aliphatic rings. The second-order valence-corrected chi connectivity index (χ2v) is 7.44. The third kappa shape index (κ3) is 6.05. The van der Waals surface area contributed by atoms with Gasteiger partial charge in [0.25, 0.3) is 0 Å². The average molecular weight is 328 g/mol. The van der Waals surface area contributed by atoms with Crippen LogP contribution in [0.4, 0.5) is 0 Å². The summed E-state index contributed by atoms with van der Waals surface area (Å²) in [6, 6.07) is -0.193. The van der Waals surface area contributed by atoms with E-state index >= 15 is 0 Å². The van der Waals surface area contributed by atoms with Crippen LogP contribution in [-0.4, -0.2) is 33.8 Å². The fraction of sp³-hybridized carbons (Fsp3) is 0.643. The molecule has 116 valence electrons. The zero-order valence-corrected chi connectivity index (χ0v) is 13.6. The van der Waals surface area contributed by atoms with Gasteiger partial charge in [0.2, 0.25) is 5.91 Å². The lowest BCUT2D eigenvalue weighted by Gasteiger charge is -2.16. The highest BCUT2D eigenvalue weighted by molar-refractivity contribution is 7.98. The van der Waals surface area contributed by atoms with Gasteiger partial charge in [-0.2, -0.15) is 11.8 Å². The molecule has 1 aliphatic carbocycles. The number of carbonyl (C=O) groups is 2. The van der Waals surface area contributed by atoms with E-state index in [2.05, 4.69) is 10.3 Å². The molecule has 2 N–H and O–H groups in total. The van der Waals surface area contributed by atoms with Gasteiger partial charge in [-0.05, 0) is 25.7 Å². The monoisotopic (exact) mass is 328 g/mol. The lowest BCUT2D eigenvalue weighted by Crippen LogP contribution is -2.38. The number of thiazole rings is 1. The molecule has 1 unspecified atom stereocenters. The van der Waals surface area contributed by atoms with E-state index in [4.69, 9.17) is 5.11 Å². The Kier molecular flexibility index (Phi) is 6.05. The molecule has 1 atom stereocenters. The van der Waals surface area contributed by atoms with Crippen LogP contribution >= 0.6 is 23.1 Å². The number of amides is 1. The molecule has 1 amide bonds. The van der Waals surface area contributed by atoms with Crippen LogP contribution in [0.15, 0.2) is 5.38 Å². The molecule has 21 heavy (non-hydrogen) atoms. The number of thioether (sulfide) groups is 1. The summed E-state index contributed by atoms with van der Waals surface area (Å²) in [5, 5.41) is 14.8. The highest BCUT2D eigenvalue weighted by atomic mass is 32.2. The topological polar surface area (TPSA) is 79.3 Å². The quantitative estimate of drug-likeness (QED) is 0.681. The van der Waals surface area contributed by atoms with Crippen molar-refractivity contribution in [3.05, 3.63) is 16.1 Å². The number of aliphatic carboxylic acids is 1. The summed E-state index contributed by atoms with van der Waals surface area (Å²) >= 11 is 3.31. The first-order chi connectivity index (χ1) is 10.0. The van der Waals surface area contributed by atoms with E-state index in [9.17, 15) is 9.59 Å². The van der Waals surface area contributed by atoms with Crippen LogP contribution in [0.25, 0.3) is 0 Å². The van der Waals surface area contributed by atoms with E-state index in [0.717, 1.165) is 35.0 Å². The number of carbonyl (C=O) groups excluding carboxylic acids is 1. The molecule has 0 spiro atoms. The summed E-state index contributed by atoms with van der Waals surface area (Å²) in [6.07, 6.45) is 2.50. The van der Waals surface area contributed by atoms with Gasteiger partial charge in [0.15, 0.2) is 0 Å². The van der Waals surface area contributed by atoms with Crippen molar-refractivity contribution in [3.8, 4) is 0 Å². The molecule has 2 rings (SSSR count). The number of nitrogens with one attached hydrogen (secondary N) is 1. The first-order valence-electron chi connectivity index (χ1n) is 7.04. The fourth-order valence-corrected chi connectivity index (χ4v) is 3.67. The molecule has 1 aromatic rings. The molecule has 1 fully saturated rings. The van der Waals surface area contributed by atoms with E-state index in [1.807, 2.05) is 12.3 Å². The fourth-order valence-electron chi connectivity index (χ4n) is 2.12. The number of hydrogen-bond donors (Lipinski definition) is 2. The Balaban J connectivity index is 1.63. The molecule has 0 bridgehead atoms. The largest absolute Gasteiger partial charge is 0.481 e. The number of hydrogen-bond acceptors (Lipinski definition) is 5. The van der Waals surface area contributed by atoms with Crippen molar-refractivity contribution in [1.29, 1.82) is 0 Å². The van der Waals surface area contributed by atoms with Crippen molar-refractivity contribution < 1.29 is 14.7 Å². The van der Waals surface area contributed by atoms with Crippen LogP contribution in [0, 0.1) is 12.8 Å². The van der Waals surface area contributed by atoms with Crippen molar-refractivity contribution in [2.45, 2.75) is 44.4 Å². The van der Waals surface area contributed by atoms with Gasteiger partial charge in [0, 0.05) is 29.3 Å². The number of rotatable bonds is 9. The standard InChI is InChI=1S/C14H20N2O3S2/c1-9-15-11(8-21-9)7-20-5-4-13(17)16-12(6-14(18)19)10-2-3-10/h8,10,12H,2-7H2,1H3,(H,16,17)(H,18,19). The SMILES string of the molecule is Cc1nc(CSCCC(=O)NC(CC(=O)O)C2CC2)cs1. The molecule has 0 aliphatic heterocycles. The molecular formula is C14H20N2O3S2. The second-order valence-electron chi connectivity index (χ2n) is 5.27. The minimum atomic E-state index is -0.847. The summed E-state index contributed by atoms with van der Waals surface area (Å²) < 4.78 is 0. The zero-order valence-electron chi connectivity index (χ0n) is 12.0. The van der Waals surface area contributed by atoms with E-state index in [1.165, 1.54) is 0 Å². The van der Waals surface area contributed by atoms with Gasteiger partial charge < -0.3 is 10.4 Å². The third-order valence-corrected chi connectivity index (χ3v) is 5.14. The van der Waals surface area contributed by atoms with E-state index < -0.39 is 5.97 Å². The van der Waals surface area contributed by atoms with E-state index in [1.54, 1.807) is 23.1 Å². The Hall–Kier alpha value is -1.08. The van der Waals surface area contributed by atoms with Gasteiger partial charge in [-0.15, -0.1) is 11.3 Å². The second kappa shape index (κ2) is 7.79. The van der Waals surface area contributed by atoms with Gasteiger partial charge in [-0.25, -0.2) is 4.98 Å². The lowest BCUT2D eigenvalue weighted by molar-refractivity contribution is -0.137. The third-order valence-electron chi connectivity index (χ3n) is 3.32. The van der Waals surface area contributed by atoms with Gasteiger partial charge >= 0.3 is 5.97 Å². The predicted octanol–water partition coefficient (Wildman–Crippen LogP) is 2.44. The number of nitrogens with zero attached hydrogens (tertiary/aromatic N) is 1. The van der Waals surface area contributed by atoms with Crippen molar-refractivity contribution >= 4 is 35.0 Å². The Morgan fingerprint density at radius 2 is 2.33 bits per heavy atom. The van der Waals surface area contributed by atoms with Crippen molar-refractivity contribution in [2.24, 2.45) is 5.92 Å². The Morgan fingerprint density at radius 1 is 1.57 bits per heavy atom. The maximum atomic E-state index is 11.9. The Labute approximate surface area is 132 Å². The predicted molar refractivity (Wildman–Crippen MR) is 84.5 cm³/mol. The van der Waals surface area contributed by atoms with Crippen molar-refractivity contribution in [3.63, 3.8) is 0 Å². The summed E-state index contributed by atoms with van der Waals surface area (Å²) in [6.45, 7) is 1.98. The van der Waals surface area contributed by atoms with Crippen molar-refractivity contribution in [1.82, 2.24) is 10.3 Å². The number of carboxylic acids is 1. The van der Waals surface area contributed by atoms with Crippen LogP contribution < -0.4 is 5.32 Å². The molecule has 5 nitrogen and oxygen atoms in total. The molecule has 1 heterocycles. The summed E-state index contributed by atoms with van der Waals surface area (Å²) in [7, 11) is 0. The molecule has 0 saturated heterocycles. The van der Waals surface area contributed by atoms with Crippen LogP contribution in [0.2, 0.25) is 0 Å². The van der Waals surface area contributed by atoms with Gasteiger partial charge in [-0.1, -0.05) is 0 Å². The van der Waals surface area contributed by atoms with Crippen LogP contribution in [0.1, 0.15) is 36.4 Å². The van der Waals surface area contributed by atoms with Crippen LogP contribution in [-0.2, 0) is 15.3 Å². The first kappa shape index (κ1) is 16.3. The molecule has 0 radical (unpaired) electrons. The van der Waals surface area contributed by atoms with Crippen LogP contribution in [0.5, 0.6) is 0 Å². The number of carboxylic acid groups (broad SMARTS) is 1. The van der Waals surface area contributed by atoms with E-state index in [0.29, 0.717) is 12.3 Å². The maximum Gasteiger partial charge on any atom is 0.305 e. The van der Waals surface area contributed by atoms with Gasteiger partial charge in [0.05, 0.1) is 17.1 Å². The highest BCUT2D eigenvalue weighted by Gasteiger charge is 2.33. The minimum Gasteiger partial charge on any atom is -0.481 e. The van der Waals surface area contributed by atoms with Gasteiger partial charge in [-0.3, -0.25) is 9.59 Å². The number of aromatic nitrogens is 1. The zero-order chi connectivity index (χ0) is 15.2. The van der Waals surface area contributed by atoms with Crippen molar-refractivity contribution in [2.75, 3.05) is 5.75 Å². The first-order valence-corrected chi connectivity index (χ1v) is 9.08. The normalized spacial score (nSPS) is 15.7. The molecule has 1 saturated carbocycles. The molecule has 1 aromatic heterocycles. The minimum absolute atomic E-state index is 0.0294. The molecular weight excluding hydrogens is 308 g/mol. The molecule has 0 aromatic carbocycles. The lowest BCUT2D eigenvalue weighted by atomic mass is 10.1. The van der Waals surface area contributed by atoms with Gasteiger partial charge in [0.1, 0.15) is 0 Å². The Bertz CT molecular complexity index is 500. The smallest absolute Gasteiger partial charge is 0.305 e. The maximum absolute atomic E-state index is 11.9. The van der Waals surface area contributed by atoms with Crippen LogP contribution in [0.3, 0.4) is 0 Å². The summed E-state index contributed by atoms with van der Waals surface area (Å²) in [4.78, 5) is 27.0. The summed E-state index contributed by atoms with van der Waals surface area (Å²) in [5.74, 6) is 1.01. The van der Waals surface area contributed by atoms with E-state index in [-0.39, 0.29) is 18.4 Å². The average Bonchev–Trinajstić information content (AvgIpc) is 3.17. The highest BCUT2D eigenvalue weighted by Crippen LogP contribution is 2.34. The summed E-state index contributed by atoms with van der Waals surface area (Å²) in [5.41, 5.74) is 1.06.